The molecule has 0 bridgehead atoms. The fourth-order valence-electron chi connectivity index (χ4n) is 2.37. The molecule has 1 heterocycles. The van der Waals surface area contributed by atoms with Crippen molar-refractivity contribution in [3.8, 4) is 11.3 Å². The van der Waals surface area contributed by atoms with E-state index in [0.717, 1.165) is 33.9 Å². The van der Waals surface area contributed by atoms with Crippen LogP contribution in [0.4, 0.5) is 5.69 Å². The van der Waals surface area contributed by atoms with Crippen molar-refractivity contribution >= 4 is 34.7 Å². The number of anilines is 1. The number of nitrogens with one attached hydrogen (secondary N) is 1. The van der Waals surface area contributed by atoms with Gasteiger partial charge in [-0.2, -0.15) is 0 Å². The van der Waals surface area contributed by atoms with Gasteiger partial charge in [-0.15, -0.1) is 5.10 Å². The number of hydrogen-bond acceptors (Lipinski definition) is 4. The SMILES string of the molecule is Cc1cc(C)cc(NC(=O)c2snnc2-c2ccc(Cl)cc2)c1. The van der Waals surface area contributed by atoms with Crippen molar-refractivity contribution in [1.82, 2.24) is 9.59 Å². The molecule has 0 aliphatic carbocycles. The third-order valence-corrected chi connectivity index (χ3v) is 4.27. The summed E-state index contributed by atoms with van der Waals surface area (Å²) in [7, 11) is 0. The van der Waals surface area contributed by atoms with Crippen molar-refractivity contribution < 1.29 is 4.79 Å². The standard InChI is InChI=1S/C17H14ClN3OS/c1-10-7-11(2)9-14(8-10)19-17(22)16-15(20-21-23-16)12-3-5-13(18)6-4-12/h3-9H,1-2H3,(H,19,22). The molecule has 1 amide bonds. The van der Waals surface area contributed by atoms with E-state index in [-0.39, 0.29) is 5.91 Å². The highest BCUT2D eigenvalue weighted by Crippen LogP contribution is 2.26. The zero-order valence-electron chi connectivity index (χ0n) is 12.6. The van der Waals surface area contributed by atoms with E-state index in [1.54, 1.807) is 12.1 Å². The molecule has 6 heteroatoms. The first kappa shape index (κ1) is 15.6. The third kappa shape index (κ3) is 3.57. The largest absolute Gasteiger partial charge is 0.321 e. The highest BCUT2D eigenvalue weighted by molar-refractivity contribution is 7.08. The van der Waals surface area contributed by atoms with Gasteiger partial charge in [0.05, 0.1) is 0 Å². The van der Waals surface area contributed by atoms with Crippen LogP contribution in [0.15, 0.2) is 42.5 Å². The van der Waals surface area contributed by atoms with Gasteiger partial charge in [-0.1, -0.05) is 34.3 Å². The normalized spacial score (nSPS) is 10.6. The molecular formula is C17H14ClN3OS. The maximum atomic E-state index is 12.6. The first-order chi connectivity index (χ1) is 11.0. The van der Waals surface area contributed by atoms with Gasteiger partial charge in [-0.05, 0) is 60.8 Å². The zero-order valence-corrected chi connectivity index (χ0v) is 14.2. The summed E-state index contributed by atoms with van der Waals surface area (Å²) in [5, 5.41) is 7.63. The van der Waals surface area contributed by atoms with Gasteiger partial charge in [-0.3, -0.25) is 4.79 Å². The highest BCUT2D eigenvalue weighted by atomic mass is 35.5. The van der Waals surface area contributed by atoms with Crippen molar-refractivity contribution in [2.24, 2.45) is 0 Å². The van der Waals surface area contributed by atoms with Crippen LogP contribution >= 0.6 is 23.1 Å². The number of rotatable bonds is 3. The topological polar surface area (TPSA) is 54.9 Å². The summed E-state index contributed by atoms with van der Waals surface area (Å²) < 4.78 is 3.92. The number of aryl methyl sites for hydroxylation is 2. The van der Waals surface area contributed by atoms with E-state index in [4.69, 9.17) is 11.6 Å². The smallest absolute Gasteiger partial charge is 0.269 e. The summed E-state index contributed by atoms with van der Waals surface area (Å²) in [6, 6.07) is 13.1. The summed E-state index contributed by atoms with van der Waals surface area (Å²) in [5.74, 6) is -0.213. The van der Waals surface area contributed by atoms with E-state index >= 15 is 0 Å². The molecule has 0 radical (unpaired) electrons. The molecule has 4 nitrogen and oxygen atoms in total. The summed E-state index contributed by atoms with van der Waals surface area (Å²) >= 11 is 6.98. The Balaban J connectivity index is 1.89. The van der Waals surface area contributed by atoms with Crippen molar-refractivity contribution in [3.63, 3.8) is 0 Å². The number of amides is 1. The number of nitrogens with zero attached hydrogens (tertiary/aromatic N) is 2. The van der Waals surface area contributed by atoms with Gasteiger partial charge >= 0.3 is 0 Å². The lowest BCUT2D eigenvalue weighted by molar-refractivity contribution is 0.103. The van der Waals surface area contributed by atoms with Crippen LogP contribution in [0.5, 0.6) is 0 Å². The minimum atomic E-state index is -0.213. The second-order valence-electron chi connectivity index (χ2n) is 5.29. The Kier molecular flexibility index (Phi) is 4.41. The van der Waals surface area contributed by atoms with Gasteiger partial charge in [-0.25, -0.2) is 0 Å². The van der Waals surface area contributed by atoms with E-state index in [9.17, 15) is 4.79 Å². The Hall–Kier alpha value is -2.24. The van der Waals surface area contributed by atoms with Gasteiger partial charge < -0.3 is 5.32 Å². The summed E-state index contributed by atoms with van der Waals surface area (Å²) in [6.07, 6.45) is 0. The minimum Gasteiger partial charge on any atom is -0.321 e. The fourth-order valence-corrected chi connectivity index (χ4v) is 3.08. The first-order valence-electron chi connectivity index (χ1n) is 7.01. The van der Waals surface area contributed by atoms with Gasteiger partial charge in [0.2, 0.25) is 0 Å². The van der Waals surface area contributed by atoms with E-state index in [1.165, 1.54) is 0 Å². The highest BCUT2D eigenvalue weighted by Gasteiger charge is 2.18. The number of carbonyl (C=O) groups is 1. The van der Waals surface area contributed by atoms with E-state index < -0.39 is 0 Å². The second kappa shape index (κ2) is 6.48. The molecular weight excluding hydrogens is 330 g/mol. The number of benzene rings is 2. The molecule has 0 atom stereocenters. The Morgan fingerprint density at radius 1 is 1.09 bits per heavy atom. The number of halogens is 1. The molecule has 3 rings (SSSR count). The quantitative estimate of drug-likeness (QED) is 0.748. The summed E-state index contributed by atoms with van der Waals surface area (Å²) in [5.41, 5.74) is 4.34. The average molecular weight is 344 g/mol. The third-order valence-electron chi connectivity index (χ3n) is 3.29. The minimum absolute atomic E-state index is 0.213. The van der Waals surface area contributed by atoms with Crippen molar-refractivity contribution in [2.75, 3.05) is 5.32 Å². The average Bonchev–Trinajstić information content (AvgIpc) is 2.96. The predicted molar refractivity (Wildman–Crippen MR) is 94.2 cm³/mol. The van der Waals surface area contributed by atoms with Crippen LogP contribution in [0.1, 0.15) is 20.8 Å². The first-order valence-corrected chi connectivity index (χ1v) is 8.16. The van der Waals surface area contributed by atoms with Crippen molar-refractivity contribution in [2.45, 2.75) is 13.8 Å². The van der Waals surface area contributed by atoms with Crippen molar-refractivity contribution in [1.29, 1.82) is 0 Å². The molecule has 0 saturated heterocycles. The van der Waals surface area contributed by atoms with Crippen LogP contribution in [0, 0.1) is 13.8 Å². The maximum absolute atomic E-state index is 12.6. The molecule has 116 valence electrons. The lowest BCUT2D eigenvalue weighted by Gasteiger charge is -2.07. The number of carbonyl (C=O) groups excluding carboxylic acids is 1. The van der Waals surface area contributed by atoms with Gasteiger partial charge in [0, 0.05) is 16.3 Å². The molecule has 0 saturated carbocycles. The molecule has 0 aliphatic heterocycles. The van der Waals surface area contributed by atoms with E-state index in [0.29, 0.717) is 15.6 Å². The molecule has 1 aromatic heterocycles. The number of hydrogen-bond donors (Lipinski definition) is 1. The van der Waals surface area contributed by atoms with Crippen LogP contribution in [0.2, 0.25) is 5.02 Å². The molecule has 1 N–H and O–H groups in total. The summed E-state index contributed by atoms with van der Waals surface area (Å²) in [4.78, 5) is 13.0. The van der Waals surface area contributed by atoms with Crippen LogP contribution in [-0.4, -0.2) is 15.5 Å². The zero-order chi connectivity index (χ0) is 16.4. The van der Waals surface area contributed by atoms with E-state index in [1.807, 2.05) is 38.1 Å². The van der Waals surface area contributed by atoms with E-state index in [2.05, 4.69) is 21.0 Å². The second-order valence-corrected chi connectivity index (χ2v) is 6.48. The molecule has 0 spiro atoms. The van der Waals surface area contributed by atoms with Crippen LogP contribution < -0.4 is 5.32 Å². The molecule has 3 aromatic rings. The van der Waals surface area contributed by atoms with Crippen LogP contribution in [0.3, 0.4) is 0 Å². The van der Waals surface area contributed by atoms with Crippen LogP contribution in [0.25, 0.3) is 11.3 Å². The Morgan fingerprint density at radius 2 is 1.74 bits per heavy atom. The maximum Gasteiger partial charge on any atom is 0.269 e. The monoisotopic (exact) mass is 343 g/mol. The molecule has 0 unspecified atom stereocenters. The van der Waals surface area contributed by atoms with Gasteiger partial charge in [0.1, 0.15) is 10.6 Å². The molecule has 0 aliphatic rings. The Labute approximate surface area is 143 Å². The molecule has 23 heavy (non-hydrogen) atoms. The van der Waals surface area contributed by atoms with Gasteiger partial charge in [0.15, 0.2) is 0 Å². The predicted octanol–water partition coefficient (Wildman–Crippen LogP) is 4.73. The Morgan fingerprint density at radius 3 is 2.39 bits per heavy atom. The van der Waals surface area contributed by atoms with Gasteiger partial charge in [0.25, 0.3) is 5.91 Å². The fraction of sp³-hybridized carbons (Fsp3) is 0.118. The summed E-state index contributed by atoms with van der Waals surface area (Å²) in [6.45, 7) is 3.99. The number of aromatic nitrogens is 2. The Bertz CT molecular complexity index is 838. The van der Waals surface area contributed by atoms with Crippen LogP contribution in [-0.2, 0) is 0 Å². The molecule has 0 fully saturated rings. The lowest BCUT2D eigenvalue weighted by atomic mass is 10.1. The lowest BCUT2D eigenvalue weighted by Crippen LogP contribution is -2.11. The molecule has 2 aromatic carbocycles. The van der Waals surface area contributed by atoms with Crippen molar-refractivity contribution in [3.05, 3.63) is 63.5 Å².